The Morgan fingerprint density at radius 3 is 2.72 bits per heavy atom. The van der Waals surface area contributed by atoms with E-state index in [9.17, 15) is 4.79 Å². The Morgan fingerprint density at radius 1 is 1.00 bits per heavy atom. The molecule has 25 heavy (non-hydrogen) atoms. The van der Waals surface area contributed by atoms with Crippen LogP contribution in [0.1, 0.15) is 27.3 Å². The number of nitrogens with zero attached hydrogens (tertiary/aromatic N) is 3. The van der Waals surface area contributed by atoms with Crippen LogP contribution < -0.4 is 10.6 Å². The van der Waals surface area contributed by atoms with E-state index in [-0.39, 0.29) is 5.91 Å². The number of carbonyl (C=O) groups excluding carboxylic acids is 1. The maximum Gasteiger partial charge on any atom is 0.270 e. The minimum Gasteiger partial charge on any atom is -0.364 e. The molecule has 0 spiro atoms. The van der Waals surface area contributed by atoms with Crippen LogP contribution in [-0.2, 0) is 13.1 Å². The Morgan fingerprint density at radius 2 is 1.92 bits per heavy atom. The van der Waals surface area contributed by atoms with E-state index in [1.807, 2.05) is 49.4 Å². The van der Waals surface area contributed by atoms with Crippen molar-refractivity contribution < 1.29 is 4.79 Å². The molecular weight excluding hydrogens is 314 g/mol. The van der Waals surface area contributed by atoms with Crippen LogP contribution in [0.2, 0.25) is 0 Å². The monoisotopic (exact) mass is 333 g/mol. The van der Waals surface area contributed by atoms with Crippen molar-refractivity contribution in [3.05, 3.63) is 83.6 Å². The first kappa shape index (κ1) is 16.6. The van der Waals surface area contributed by atoms with Crippen molar-refractivity contribution in [1.29, 1.82) is 0 Å². The van der Waals surface area contributed by atoms with Crippen LogP contribution in [0, 0.1) is 6.92 Å². The molecule has 3 rings (SSSR count). The molecule has 2 heterocycles. The first-order valence-electron chi connectivity index (χ1n) is 8.00. The summed E-state index contributed by atoms with van der Waals surface area (Å²) in [5.74, 6) is 0.353. The third-order valence-corrected chi connectivity index (χ3v) is 3.61. The van der Waals surface area contributed by atoms with Gasteiger partial charge >= 0.3 is 0 Å². The molecule has 0 aliphatic carbocycles. The van der Waals surface area contributed by atoms with E-state index in [1.165, 1.54) is 6.33 Å². The van der Waals surface area contributed by atoms with Gasteiger partial charge in [-0.1, -0.05) is 35.9 Å². The molecule has 0 atom stereocenters. The molecule has 0 fully saturated rings. The molecule has 0 saturated carbocycles. The number of aryl methyl sites for hydroxylation is 1. The topological polar surface area (TPSA) is 79.8 Å². The van der Waals surface area contributed by atoms with E-state index in [0.717, 1.165) is 16.8 Å². The molecule has 6 nitrogen and oxygen atoms in total. The summed E-state index contributed by atoms with van der Waals surface area (Å²) in [6.07, 6.45) is 3.11. The van der Waals surface area contributed by atoms with Crippen LogP contribution in [-0.4, -0.2) is 20.9 Å². The standard InChI is InChI=1S/C19H19N5O/c1-14-5-4-6-15(9-14)11-22-19(25)17-10-18(24-13-23-17)21-12-16-7-2-3-8-20-16/h2-10,13H,11-12H2,1H3,(H,22,25)(H,21,23,24). The quantitative estimate of drug-likeness (QED) is 0.725. The SMILES string of the molecule is Cc1cccc(CNC(=O)c2cc(NCc3ccccn3)ncn2)c1. The lowest BCUT2D eigenvalue weighted by atomic mass is 10.1. The first-order chi connectivity index (χ1) is 12.2. The molecule has 0 radical (unpaired) electrons. The summed E-state index contributed by atoms with van der Waals surface area (Å²) in [5.41, 5.74) is 3.43. The van der Waals surface area contributed by atoms with Crippen molar-refractivity contribution in [3.8, 4) is 0 Å². The van der Waals surface area contributed by atoms with E-state index in [1.54, 1.807) is 12.3 Å². The molecule has 2 N–H and O–H groups in total. The zero-order chi connectivity index (χ0) is 17.5. The summed E-state index contributed by atoms with van der Waals surface area (Å²) >= 11 is 0. The molecule has 2 aromatic heterocycles. The fraction of sp³-hybridized carbons (Fsp3) is 0.158. The summed E-state index contributed by atoms with van der Waals surface area (Å²) in [6, 6.07) is 15.4. The zero-order valence-corrected chi connectivity index (χ0v) is 13.9. The second-order valence-electron chi connectivity index (χ2n) is 5.63. The molecule has 3 aromatic rings. The van der Waals surface area contributed by atoms with Crippen LogP contribution in [0.5, 0.6) is 0 Å². The number of nitrogens with one attached hydrogen (secondary N) is 2. The van der Waals surface area contributed by atoms with Crippen LogP contribution in [0.4, 0.5) is 5.82 Å². The van der Waals surface area contributed by atoms with Crippen LogP contribution in [0.25, 0.3) is 0 Å². The molecule has 1 amide bonds. The minimum absolute atomic E-state index is 0.232. The molecule has 6 heteroatoms. The fourth-order valence-electron chi connectivity index (χ4n) is 2.36. The highest BCUT2D eigenvalue weighted by Crippen LogP contribution is 2.07. The lowest BCUT2D eigenvalue weighted by Gasteiger charge is -2.08. The first-order valence-corrected chi connectivity index (χ1v) is 8.00. The van der Waals surface area contributed by atoms with Gasteiger partial charge in [0.15, 0.2) is 0 Å². The van der Waals surface area contributed by atoms with Crippen molar-refractivity contribution in [1.82, 2.24) is 20.3 Å². The summed E-state index contributed by atoms with van der Waals surface area (Å²) in [6.45, 7) is 3.01. The number of hydrogen-bond donors (Lipinski definition) is 2. The minimum atomic E-state index is -0.232. The molecule has 0 unspecified atom stereocenters. The molecule has 0 aliphatic heterocycles. The maximum absolute atomic E-state index is 12.3. The Balaban J connectivity index is 1.59. The van der Waals surface area contributed by atoms with Crippen molar-refractivity contribution in [2.24, 2.45) is 0 Å². The van der Waals surface area contributed by atoms with Gasteiger partial charge in [-0.05, 0) is 24.6 Å². The number of benzene rings is 1. The van der Waals surface area contributed by atoms with Gasteiger partial charge in [0.25, 0.3) is 5.91 Å². The van der Waals surface area contributed by atoms with Crippen molar-refractivity contribution in [2.75, 3.05) is 5.32 Å². The highest BCUT2D eigenvalue weighted by molar-refractivity contribution is 5.92. The maximum atomic E-state index is 12.3. The summed E-state index contributed by atoms with van der Waals surface area (Å²) < 4.78 is 0. The fourth-order valence-corrected chi connectivity index (χ4v) is 2.36. The molecular formula is C19H19N5O. The van der Waals surface area contributed by atoms with Crippen molar-refractivity contribution in [3.63, 3.8) is 0 Å². The number of carbonyl (C=O) groups is 1. The van der Waals surface area contributed by atoms with Gasteiger partial charge in [0.2, 0.25) is 0 Å². The number of hydrogen-bond acceptors (Lipinski definition) is 5. The Kier molecular flexibility index (Phi) is 5.31. The largest absolute Gasteiger partial charge is 0.364 e. The average molecular weight is 333 g/mol. The predicted octanol–water partition coefficient (Wildman–Crippen LogP) is 2.72. The van der Waals surface area contributed by atoms with E-state index in [0.29, 0.717) is 24.6 Å². The zero-order valence-electron chi connectivity index (χ0n) is 13.9. The summed E-state index contributed by atoms with van der Waals surface area (Å²) in [4.78, 5) is 24.7. The number of rotatable bonds is 6. The van der Waals surface area contributed by atoms with Gasteiger partial charge in [-0.3, -0.25) is 9.78 Å². The summed E-state index contributed by atoms with van der Waals surface area (Å²) in [7, 11) is 0. The Hall–Kier alpha value is -3.28. The van der Waals surface area contributed by atoms with Gasteiger partial charge in [0, 0.05) is 18.8 Å². The van der Waals surface area contributed by atoms with Crippen LogP contribution >= 0.6 is 0 Å². The number of aromatic nitrogens is 3. The molecule has 0 bridgehead atoms. The number of anilines is 1. The van der Waals surface area contributed by atoms with Gasteiger partial charge in [-0.15, -0.1) is 0 Å². The van der Waals surface area contributed by atoms with Gasteiger partial charge in [0.1, 0.15) is 17.8 Å². The highest BCUT2D eigenvalue weighted by Gasteiger charge is 2.08. The average Bonchev–Trinajstić information content (AvgIpc) is 2.65. The third-order valence-electron chi connectivity index (χ3n) is 3.61. The van der Waals surface area contributed by atoms with Gasteiger partial charge in [0.05, 0.1) is 12.2 Å². The second-order valence-corrected chi connectivity index (χ2v) is 5.63. The summed E-state index contributed by atoms with van der Waals surface area (Å²) in [5, 5.41) is 6.02. The molecule has 0 aliphatic rings. The lowest BCUT2D eigenvalue weighted by molar-refractivity contribution is 0.0946. The predicted molar refractivity (Wildman–Crippen MR) is 95.9 cm³/mol. The molecule has 0 saturated heterocycles. The van der Waals surface area contributed by atoms with Crippen molar-refractivity contribution in [2.45, 2.75) is 20.0 Å². The number of amides is 1. The van der Waals surface area contributed by atoms with Crippen LogP contribution in [0.15, 0.2) is 61.1 Å². The Bertz CT molecular complexity index is 851. The molecule has 126 valence electrons. The van der Waals surface area contributed by atoms with E-state index in [2.05, 4.69) is 25.6 Å². The van der Waals surface area contributed by atoms with E-state index >= 15 is 0 Å². The van der Waals surface area contributed by atoms with Gasteiger partial charge in [-0.2, -0.15) is 0 Å². The normalized spacial score (nSPS) is 10.3. The van der Waals surface area contributed by atoms with Gasteiger partial charge in [-0.25, -0.2) is 9.97 Å². The molecule has 1 aromatic carbocycles. The lowest BCUT2D eigenvalue weighted by Crippen LogP contribution is -2.24. The van der Waals surface area contributed by atoms with Crippen molar-refractivity contribution >= 4 is 11.7 Å². The van der Waals surface area contributed by atoms with E-state index in [4.69, 9.17) is 0 Å². The third kappa shape index (κ3) is 4.84. The smallest absolute Gasteiger partial charge is 0.270 e. The van der Waals surface area contributed by atoms with Gasteiger partial charge < -0.3 is 10.6 Å². The van der Waals surface area contributed by atoms with E-state index < -0.39 is 0 Å². The number of pyridine rings is 1. The highest BCUT2D eigenvalue weighted by atomic mass is 16.1. The Labute approximate surface area is 146 Å². The van der Waals surface area contributed by atoms with Crippen LogP contribution in [0.3, 0.4) is 0 Å². The second kappa shape index (κ2) is 8.01.